The Bertz CT molecular complexity index is 1070. The minimum Gasteiger partial charge on any atom is -0.632 e. The SMILES string of the molecule is C=CC(C)(CCC=C(C)C)[N+]1([O-])[C@@H](CO[Si](C)(C)C(C)(C)C)[C@H]2O[Si](CCC)(CCC)O[Si](CCC)(CCC)O[C@@H]2[C@@H]1CO[Si](C)(C)C(C)(C)C. The molecule has 2 aliphatic rings. The molecule has 300 valence electrons. The molecule has 5 atom stereocenters. The minimum absolute atomic E-state index is 0.00322. The molecule has 1 unspecified atom stereocenters. The van der Waals surface area contributed by atoms with E-state index in [2.05, 4.69) is 129 Å². The Morgan fingerprint density at radius 1 is 0.725 bits per heavy atom. The fourth-order valence-electron chi connectivity index (χ4n) is 7.77. The first kappa shape index (κ1) is 47.2. The van der Waals surface area contributed by atoms with Crippen molar-refractivity contribution in [3.8, 4) is 0 Å². The highest BCUT2D eigenvalue weighted by Crippen LogP contribution is 2.52. The van der Waals surface area contributed by atoms with Crippen LogP contribution in [0.4, 0.5) is 0 Å². The maximum absolute atomic E-state index is 16.9. The van der Waals surface area contributed by atoms with Crippen molar-refractivity contribution >= 4 is 33.8 Å². The molecule has 11 heteroatoms. The van der Waals surface area contributed by atoms with Gasteiger partial charge in [-0.05, 0) is 93.7 Å². The molecule has 0 aromatic carbocycles. The molecule has 2 aliphatic heterocycles. The van der Waals surface area contributed by atoms with E-state index < -0.39 is 68.2 Å². The zero-order chi connectivity index (χ0) is 39.3. The second-order valence-electron chi connectivity index (χ2n) is 19.5. The van der Waals surface area contributed by atoms with Crippen molar-refractivity contribution in [2.24, 2.45) is 0 Å². The van der Waals surface area contributed by atoms with E-state index in [0.29, 0.717) is 19.6 Å². The van der Waals surface area contributed by atoms with Gasteiger partial charge in [-0.25, -0.2) is 0 Å². The van der Waals surface area contributed by atoms with E-state index in [1.807, 2.05) is 6.08 Å². The predicted octanol–water partition coefficient (Wildman–Crippen LogP) is 12.1. The molecule has 0 spiro atoms. The van der Waals surface area contributed by atoms with E-state index in [4.69, 9.17) is 21.8 Å². The number of fused-ring (bicyclic) bond motifs is 1. The van der Waals surface area contributed by atoms with Crippen molar-refractivity contribution in [2.45, 2.75) is 219 Å². The quantitative estimate of drug-likeness (QED) is 0.0562. The van der Waals surface area contributed by atoms with Gasteiger partial charge >= 0.3 is 17.1 Å². The summed E-state index contributed by atoms with van der Waals surface area (Å²) in [7, 11) is -10.1. The van der Waals surface area contributed by atoms with Crippen LogP contribution in [-0.4, -0.2) is 81.4 Å². The fraction of sp³-hybridized carbons (Fsp3) is 0.900. The molecule has 2 heterocycles. The summed E-state index contributed by atoms with van der Waals surface area (Å²) in [4.78, 5) is 0. The van der Waals surface area contributed by atoms with E-state index in [9.17, 15) is 0 Å². The summed E-state index contributed by atoms with van der Waals surface area (Å²) < 4.78 is 36.7. The van der Waals surface area contributed by atoms with Gasteiger partial charge in [-0.1, -0.05) is 113 Å². The summed E-state index contributed by atoms with van der Waals surface area (Å²) >= 11 is 0. The molecule has 2 rings (SSSR count). The van der Waals surface area contributed by atoms with Gasteiger partial charge in [0, 0.05) is 6.42 Å². The average Bonchev–Trinajstić information content (AvgIpc) is 3.11. The van der Waals surface area contributed by atoms with E-state index in [0.717, 1.165) is 56.3 Å². The van der Waals surface area contributed by atoms with E-state index in [1.54, 1.807) is 0 Å². The van der Waals surface area contributed by atoms with Crippen molar-refractivity contribution in [3.05, 3.63) is 29.5 Å². The summed E-state index contributed by atoms with van der Waals surface area (Å²) in [6.45, 7) is 43.2. The van der Waals surface area contributed by atoms with Gasteiger partial charge in [0.2, 0.25) is 0 Å². The Kier molecular flexibility index (Phi) is 16.6. The predicted molar refractivity (Wildman–Crippen MR) is 227 cm³/mol. The number of hydrogen-bond acceptors (Lipinski definition) is 6. The highest BCUT2D eigenvalue weighted by atomic mass is 28.5. The zero-order valence-corrected chi connectivity index (χ0v) is 40.6. The van der Waals surface area contributed by atoms with Crippen LogP contribution in [0.5, 0.6) is 0 Å². The van der Waals surface area contributed by atoms with Crippen LogP contribution in [0.2, 0.25) is 60.4 Å². The molecule has 2 fully saturated rings. The first-order valence-corrected chi connectivity index (χ1v) is 30.8. The number of allylic oxidation sites excluding steroid dienone is 2. The van der Waals surface area contributed by atoms with Crippen molar-refractivity contribution in [3.63, 3.8) is 0 Å². The molecule has 51 heavy (non-hydrogen) atoms. The lowest BCUT2D eigenvalue weighted by Gasteiger charge is -2.60. The molecule has 0 aromatic rings. The van der Waals surface area contributed by atoms with Crippen molar-refractivity contribution in [1.82, 2.24) is 0 Å². The van der Waals surface area contributed by atoms with Gasteiger partial charge in [0.25, 0.3) is 0 Å². The second-order valence-corrected chi connectivity index (χ2v) is 36.0. The van der Waals surface area contributed by atoms with E-state index in [-0.39, 0.29) is 10.1 Å². The number of hydroxylamine groups is 3. The molecule has 0 N–H and O–H groups in total. The second kappa shape index (κ2) is 17.9. The monoisotopic (exact) mass is 786 g/mol. The van der Waals surface area contributed by atoms with Gasteiger partial charge < -0.3 is 31.7 Å². The standard InChI is InChI=1S/C40H83NO6Si4/c1-19-27-50(28-20-2)45-36-34(31-43-48(15,16)38(8,9)10)41(42,40(14,23-5)26-24-25-33(6)7)35(32-44-49(17,18)39(11,12)13)37(36)46-51(47-50,29-21-3)30-22-4/h23,25,34-37H,5,19-22,24,26-32H2,1-4,6-18H3/t34-,35-,36+,37+,40?/m0/s1. The molecule has 0 bridgehead atoms. The Hall–Kier alpha value is 0.0675. The Morgan fingerprint density at radius 3 is 1.35 bits per heavy atom. The van der Waals surface area contributed by atoms with Crippen molar-refractivity contribution < 1.29 is 26.5 Å². The topological polar surface area (TPSA) is 69.2 Å². The number of nitrogens with zero attached hydrogens (tertiary/aromatic N) is 1. The number of hydrogen-bond donors (Lipinski definition) is 0. The molecule has 7 nitrogen and oxygen atoms in total. The first-order chi connectivity index (χ1) is 23.3. The van der Waals surface area contributed by atoms with Crippen LogP contribution in [-0.2, 0) is 21.8 Å². The van der Waals surface area contributed by atoms with Gasteiger partial charge in [0.1, 0.15) is 29.8 Å². The molecule has 2 saturated heterocycles. The number of quaternary nitrogens is 1. The van der Waals surface area contributed by atoms with Crippen molar-refractivity contribution in [2.75, 3.05) is 13.2 Å². The maximum atomic E-state index is 16.9. The normalized spacial score (nSPS) is 28.1. The van der Waals surface area contributed by atoms with Crippen LogP contribution in [0.1, 0.15) is 129 Å². The third-order valence-electron chi connectivity index (χ3n) is 12.9. The molecular formula is C40H83NO6Si4. The summed E-state index contributed by atoms with van der Waals surface area (Å²) in [5.41, 5.74) is 0.434. The molecule has 0 amide bonds. The molecule has 0 aliphatic carbocycles. The highest BCUT2D eigenvalue weighted by molar-refractivity contribution is 6.81. The molecule has 0 saturated carbocycles. The van der Waals surface area contributed by atoms with E-state index >= 15 is 5.21 Å². The Morgan fingerprint density at radius 2 is 1.08 bits per heavy atom. The largest absolute Gasteiger partial charge is 0.632 e. The van der Waals surface area contributed by atoms with Crippen LogP contribution in [0, 0.1) is 5.21 Å². The zero-order valence-electron chi connectivity index (χ0n) is 36.6. The number of rotatable bonds is 19. The van der Waals surface area contributed by atoms with Crippen LogP contribution in [0.3, 0.4) is 0 Å². The van der Waals surface area contributed by atoms with Gasteiger partial charge in [-0.15, -0.1) is 0 Å². The third kappa shape index (κ3) is 10.5. The van der Waals surface area contributed by atoms with Crippen LogP contribution >= 0.6 is 0 Å². The van der Waals surface area contributed by atoms with Gasteiger partial charge in [0.15, 0.2) is 16.6 Å². The lowest BCUT2D eigenvalue weighted by Crippen LogP contribution is -2.69. The number of likely N-dealkylation sites (tertiary alicyclic amines) is 1. The van der Waals surface area contributed by atoms with Crippen LogP contribution in [0.25, 0.3) is 0 Å². The molecular weight excluding hydrogens is 703 g/mol. The summed E-state index contributed by atoms with van der Waals surface area (Å²) in [6.07, 6.45) is 8.73. The molecule has 0 radical (unpaired) electrons. The summed E-state index contributed by atoms with van der Waals surface area (Å²) in [5.74, 6) is 0. The Labute approximate surface area is 320 Å². The maximum Gasteiger partial charge on any atom is 0.329 e. The minimum atomic E-state index is -2.80. The Balaban J connectivity index is 3.05. The van der Waals surface area contributed by atoms with Gasteiger partial charge in [-0.3, -0.25) is 0 Å². The fourth-order valence-corrected chi connectivity index (χ4v) is 20.1. The summed E-state index contributed by atoms with van der Waals surface area (Å²) in [6, 6.07) is 2.63. The first-order valence-electron chi connectivity index (χ1n) is 20.5. The smallest absolute Gasteiger partial charge is 0.329 e. The highest BCUT2D eigenvalue weighted by Gasteiger charge is 2.69. The summed E-state index contributed by atoms with van der Waals surface area (Å²) in [5, 5.41) is 16.9. The average molecular weight is 786 g/mol. The van der Waals surface area contributed by atoms with E-state index in [1.165, 1.54) is 5.57 Å². The van der Waals surface area contributed by atoms with Crippen molar-refractivity contribution in [1.29, 1.82) is 0 Å². The van der Waals surface area contributed by atoms with Gasteiger partial charge in [0.05, 0.1) is 13.2 Å². The lowest BCUT2D eigenvalue weighted by atomic mass is 9.90. The third-order valence-corrected chi connectivity index (χ3v) is 31.4. The van der Waals surface area contributed by atoms with Crippen LogP contribution < -0.4 is 0 Å². The molecule has 0 aromatic heterocycles. The van der Waals surface area contributed by atoms with Gasteiger partial charge in [-0.2, -0.15) is 0 Å². The van der Waals surface area contributed by atoms with Crippen LogP contribution in [0.15, 0.2) is 24.3 Å². The lowest BCUT2D eigenvalue weighted by molar-refractivity contribution is -0.958.